The summed E-state index contributed by atoms with van der Waals surface area (Å²) in [5.74, 6) is -0.276. The summed E-state index contributed by atoms with van der Waals surface area (Å²) in [6, 6.07) is 16.3. The van der Waals surface area contributed by atoms with Crippen LogP contribution in [0.3, 0.4) is 0 Å². The molecule has 2 aromatic carbocycles. The smallest absolute Gasteiger partial charge is 0.240 e. The van der Waals surface area contributed by atoms with Crippen LogP contribution in [0.2, 0.25) is 0 Å². The van der Waals surface area contributed by atoms with Crippen molar-refractivity contribution in [2.45, 2.75) is 17.2 Å². The molecule has 1 aromatic heterocycles. The van der Waals surface area contributed by atoms with Crippen molar-refractivity contribution in [2.75, 3.05) is 20.3 Å². The van der Waals surface area contributed by atoms with Gasteiger partial charge in [-0.25, -0.2) is 8.42 Å². The number of nitrogens with one attached hydrogen (secondary N) is 1. The number of methoxy groups -OCH3 is 1. The Labute approximate surface area is 158 Å². The minimum atomic E-state index is -3.55. The molecule has 0 radical (unpaired) electrons. The second-order valence-corrected chi connectivity index (χ2v) is 8.18. The molecule has 0 aliphatic rings. The van der Waals surface area contributed by atoms with E-state index in [9.17, 15) is 13.2 Å². The Kier molecular flexibility index (Phi) is 5.93. The second kappa shape index (κ2) is 8.37. The number of carbonyl (C=O) groups excluding carboxylic acids is 1. The molecule has 0 fully saturated rings. The van der Waals surface area contributed by atoms with Gasteiger partial charge in [0, 0.05) is 30.8 Å². The van der Waals surface area contributed by atoms with Gasteiger partial charge in [-0.3, -0.25) is 4.79 Å². The minimum Gasteiger partial charge on any atom is -0.383 e. The van der Waals surface area contributed by atoms with Crippen molar-refractivity contribution in [1.82, 2.24) is 9.88 Å². The van der Waals surface area contributed by atoms with Gasteiger partial charge >= 0.3 is 0 Å². The van der Waals surface area contributed by atoms with Crippen LogP contribution < -0.4 is 5.32 Å². The Morgan fingerprint density at radius 3 is 2.52 bits per heavy atom. The molecule has 3 aromatic rings. The van der Waals surface area contributed by atoms with E-state index in [1.165, 1.54) is 0 Å². The van der Waals surface area contributed by atoms with Crippen LogP contribution in [0.1, 0.15) is 5.56 Å². The molecule has 142 valence electrons. The molecule has 0 saturated carbocycles. The van der Waals surface area contributed by atoms with Gasteiger partial charge < -0.3 is 14.6 Å². The summed E-state index contributed by atoms with van der Waals surface area (Å²) in [5, 5.41) is 3.37. The van der Waals surface area contributed by atoms with E-state index in [0.717, 1.165) is 5.56 Å². The third kappa shape index (κ3) is 4.56. The first-order valence-electron chi connectivity index (χ1n) is 8.61. The number of fused-ring (bicyclic) bond motifs is 1. The van der Waals surface area contributed by atoms with Gasteiger partial charge in [0.2, 0.25) is 5.91 Å². The third-order valence-corrected chi connectivity index (χ3v) is 5.94. The Bertz CT molecular complexity index is 1030. The minimum absolute atomic E-state index is 0.0467. The van der Waals surface area contributed by atoms with Gasteiger partial charge in [0.1, 0.15) is 6.54 Å². The maximum atomic E-state index is 13.0. The number of amides is 1. The monoisotopic (exact) mass is 386 g/mol. The first-order chi connectivity index (χ1) is 13.0. The number of hydrogen-bond acceptors (Lipinski definition) is 4. The van der Waals surface area contributed by atoms with Crippen molar-refractivity contribution in [2.24, 2.45) is 0 Å². The highest BCUT2D eigenvalue weighted by atomic mass is 32.2. The van der Waals surface area contributed by atoms with E-state index in [4.69, 9.17) is 4.74 Å². The highest BCUT2D eigenvalue weighted by molar-refractivity contribution is 7.90. The molecule has 0 atom stereocenters. The average Bonchev–Trinajstić information content (AvgIpc) is 3.02. The molecule has 0 aliphatic heterocycles. The number of rotatable bonds is 8. The number of carbonyl (C=O) groups is 1. The summed E-state index contributed by atoms with van der Waals surface area (Å²) in [4.78, 5) is 12.4. The lowest BCUT2D eigenvalue weighted by molar-refractivity contribution is -0.121. The lowest BCUT2D eigenvalue weighted by atomic mass is 10.2. The standard InChI is InChI=1S/C20H22N2O4S/c1-26-12-11-21-20(23)14-22-13-19(17-9-5-6-10-18(17)22)27(24,25)15-16-7-3-2-4-8-16/h2-10,13H,11-12,14-15H2,1H3,(H,21,23). The summed E-state index contributed by atoms with van der Waals surface area (Å²) in [5.41, 5.74) is 1.44. The lowest BCUT2D eigenvalue weighted by Crippen LogP contribution is -2.30. The summed E-state index contributed by atoms with van der Waals surface area (Å²) in [6.07, 6.45) is 1.55. The van der Waals surface area contributed by atoms with E-state index in [1.807, 2.05) is 30.3 Å². The predicted octanol–water partition coefficient (Wildman–Crippen LogP) is 2.38. The van der Waals surface area contributed by atoms with Crippen molar-refractivity contribution in [1.29, 1.82) is 0 Å². The number of hydrogen-bond donors (Lipinski definition) is 1. The van der Waals surface area contributed by atoms with E-state index in [2.05, 4.69) is 5.32 Å². The number of benzene rings is 2. The predicted molar refractivity (Wildman–Crippen MR) is 104 cm³/mol. The van der Waals surface area contributed by atoms with E-state index >= 15 is 0 Å². The summed E-state index contributed by atoms with van der Waals surface area (Å²) < 4.78 is 32.6. The topological polar surface area (TPSA) is 77.4 Å². The molecule has 0 unspecified atom stereocenters. The molecule has 1 heterocycles. The molecule has 3 rings (SSSR count). The van der Waals surface area contributed by atoms with Crippen LogP contribution in [0, 0.1) is 0 Å². The van der Waals surface area contributed by atoms with Crippen LogP contribution in [-0.4, -0.2) is 39.2 Å². The van der Waals surface area contributed by atoms with Gasteiger partial charge in [0.25, 0.3) is 0 Å². The molecule has 0 aliphatic carbocycles. The molecule has 7 heteroatoms. The summed E-state index contributed by atoms with van der Waals surface area (Å²) in [7, 11) is -1.98. The number of aromatic nitrogens is 1. The normalized spacial score (nSPS) is 11.6. The van der Waals surface area contributed by atoms with Crippen molar-refractivity contribution in [3.8, 4) is 0 Å². The highest BCUT2D eigenvalue weighted by Crippen LogP contribution is 2.28. The van der Waals surface area contributed by atoms with E-state index in [1.54, 1.807) is 42.1 Å². The fourth-order valence-electron chi connectivity index (χ4n) is 2.97. The number of nitrogens with zero attached hydrogens (tertiary/aromatic N) is 1. The third-order valence-electron chi connectivity index (χ3n) is 4.23. The first kappa shape index (κ1) is 19.1. The van der Waals surface area contributed by atoms with Crippen LogP contribution in [0.25, 0.3) is 10.9 Å². The van der Waals surface area contributed by atoms with E-state index < -0.39 is 9.84 Å². The van der Waals surface area contributed by atoms with Gasteiger partial charge in [0.15, 0.2) is 9.84 Å². The Hall–Kier alpha value is -2.64. The molecule has 0 saturated heterocycles. The first-order valence-corrected chi connectivity index (χ1v) is 10.3. The molecule has 1 N–H and O–H groups in total. The van der Waals surface area contributed by atoms with Gasteiger partial charge in [-0.05, 0) is 11.6 Å². The Balaban J connectivity index is 1.91. The van der Waals surface area contributed by atoms with Gasteiger partial charge in [-0.1, -0.05) is 48.5 Å². The average molecular weight is 386 g/mol. The second-order valence-electron chi connectivity index (χ2n) is 6.23. The van der Waals surface area contributed by atoms with Gasteiger partial charge in [0.05, 0.1) is 17.3 Å². The molecule has 0 spiro atoms. The number of para-hydroxylation sites is 1. The van der Waals surface area contributed by atoms with Crippen molar-refractivity contribution in [3.05, 3.63) is 66.4 Å². The lowest BCUT2D eigenvalue weighted by Gasteiger charge is -2.06. The molecule has 1 amide bonds. The van der Waals surface area contributed by atoms with Crippen LogP contribution in [0.4, 0.5) is 0 Å². The molecule has 6 nitrogen and oxygen atoms in total. The fourth-order valence-corrected chi connectivity index (χ4v) is 4.55. The maximum absolute atomic E-state index is 13.0. The van der Waals surface area contributed by atoms with Gasteiger partial charge in [-0.15, -0.1) is 0 Å². The zero-order valence-electron chi connectivity index (χ0n) is 15.1. The highest BCUT2D eigenvalue weighted by Gasteiger charge is 2.22. The maximum Gasteiger partial charge on any atom is 0.240 e. The molecule has 0 bridgehead atoms. The largest absolute Gasteiger partial charge is 0.383 e. The SMILES string of the molecule is COCCNC(=O)Cn1cc(S(=O)(=O)Cc2ccccc2)c2ccccc21. The molecular weight excluding hydrogens is 364 g/mol. The van der Waals surface area contributed by atoms with Crippen LogP contribution >= 0.6 is 0 Å². The van der Waals surface area contributed by atoms with Crippen molar-refractivity contribution in [3.63, 3.8) is 0 Å². The van der Waals surface area contributed by atoms with Crippen LogP contribution in [0.15, 0.2) is 65.7 Å². The van der Waals surface area contributed by atoms with E-state index in [0.29, 0.717) is 24.1 Å². The molecular formula is C20H22N2O4S. The van der Waals surface area contributed by atoms with Crippen molar-refractivity contribution >= 4 is 26.6 Å². The number of sulfone groups is 1. The fraction of sp³-hybridized carbons (Fsp3) is 0.250. The van der Waals surface area contributed by atoms with Gasteiger partial charge in [-0.2, -0.15) is 0 Å². The zero-order chi connectivity index (χ0) is 19.3. The van der Waals surface area contributed by atoms with E-state index in [-0.39, 0.29) is 23.1 Å². The summed E-state index contributed by atoms with van der Waals surface area (Å²) >= 11 is 0. The molecule has 27 heavy (non-hydrogen) atoms. The Morgan fingerprint density at radius 2 is 1.78 bits per heavy atom. The summed E-state index contributed by atoms with van der Waals surface area (Å²) in [6.45, 7) is 0.883. The van der Waals surface area contributed by atoms with Crippen LogP contribution in [-0.2, 0) is 31.7 Å². The number of ether oxygens (including phenoxy) is 1. The van der Waals surface area contributed by atoms with Crippen LogP contribution in [0.5, 0.6) is 0 Å². The quantitative estimate of drug-likeness (QED) is 0.603. The Morgan fingerprint density at radius 1 is 1.07 bits per heavy atom. The van der Waals surface area contributed by atoms with Crippen molar-refractivity contribution < 1.29 is 17.9 Å². The zero-order valence-corrected chi connectivity index (χ0v) is 15.9.